The molecule has 0 radical (unpaired) electrons. The molecule has 1 aliphatic carbocycles. The summed E-state index contributed by atoms with van der Waals surface area (Å²) < 4.78 is 13.2. The van der Waals surface area contributed by atoms with Crippen molar-refractivity contribution >= 4 is 41.6 Å². The molecule has 0 unspecified atom stereocenters. The molecule has 3 amide bonds. The Morgan fingerprint density at radius 1 is 0.697 bits per heavy atom. The van der Waals surface area contributed by atoms with Gasteiger partial charge in [-0.15, -0.1) is 0 Å². The fourth-order valence-corrected chi connectivity index (χ4v) is 9.28. The number of aliphatic carboxylic acids is 4. The highest BCUT2D eigenvalue weighted by Crippen LogP contribution is 2.41. The monoisotopic (exact) mass is 1060 g/mol. The van der Waals surface area contributed by atoms with Crippen LogP contribution in [0, 0.1) is 5.92 Å². The Kier molecular flexibility index (Phi) is 25.6. The minimum Gasteiger partial charge on any atom is -0.496 e. The number of hydrogen-bond acceptors (Lipinski definition) is 15. The number of aromatic nitrogens is 2. The summed E-state index contributed by atoms with van der Waals surface area (Å²) >= 11 is 0. The van der Waals surface area contributed by atoms with E-state index in [0.717, 1.165) is 24.8 Å². The zero-order valence-corrected chi connectivity index (χ0v) is 45.2. The van der Waals surface area contributed by atoms with Crippen molar-refractivity contribution in [2.45, 2.75) is 70.8 Å². The number of rotatable bonds is 35. The summed E-state index contributed by atoms with van der Waals surface area (Å²) in [5, 5.41) is 51.1. The molecule has 2 aromatic carbocycles. The number of amides is 3. The summed E-state index contributed by atoms with van der Waals surface area (Å²) in [5.74, 6) is -4.49. The summed E-state index contributed by atoms with van der Waals surface area (Å²) in [7, 11) is 8.53. The maximum Gasteiger partial charge on any atom is 0.326 e. The van der Waals surface area contributed by atoms with Crippen molar-refractivity contribution < 1.29 is 63.5 Å². The second-order valence-corrected chi connectivity index (χ2v) is 19.6. The van der Waals surface area contributed by atoms with Crippen molar-refractivity contribution in [3.63, 3.8) is 0 Å². The third-order valence-electron chi connectivity index (χ3n) is 13.5. The van der Waals surface area contributed by atoms with Crippen molar-refractivity contribution in [2.75, 3.05) is 127 Å². The van der Waals surface area contributed by atoms with Crippen LogP contribution >= 0.6 is 0 Å². The number of carbonyl (C=O) groups excluding carboxylic acids is 3. The Bertz CT molecular complexity index is 2390. The van der Waals surface area contributed by atoms with E-state index in [0.29, 0.717) is 99.0 Å². The predicted molar refractivity (Wildman–Crippen MR) is 285 cm³/mol. The van der Waals surface area contributed by atoms with Gasteiger partial charge in [0.15, 0.2) is 5.69 Å². The topological polar surface area (TPSA) is 289 Å². The van der Waals surface area contributed by atoms with Gasteiger partial charge in [-0.2, -0.15) is 5.10 Å². The maximum absolute atomic E-state index is 14.0. The minimum absolute atomic E-state index is 0.0111. The van der Waals surface area contributed by atoms with Crippen LogP contribution in [0.25, 0.3) is 16.9 Å². The number of ether oxygens (including phenoxy) is 2. The molecule has 1 aromatic heterocycles. The van der Waals surface area contributed by atoms with Gasteiger partial charge in [-0.25, -0.2) is 9.48 Å². The molecule has 23 nitrogen and oxygen atoms in total. The van der Waals surface area contributed by atoms with E-state index < -0.39 is 35.8 Å². The molecule has 0 bridgehead atoms. The number of methoxy groups -OCH3 is 2. The van der Waals surface area contributed by atoms with Gasteiger partial charge < -0.3 is 60.5 Å². The van der Waals surface area contributed by atoms with Crippen LogP contribution in [0.1, 0.15) is 91.1 Å². The van der Waals surface area contributed by atoms with Crippen LogP contribution in [-0.4, -0.2) is 229 Å². The van der Waals surface area contributed by atoms with Gasteiger partial charge in [0, 0.05) is 72.0 Å². The summed E-state index contributed by atoms with van der Waals surface area (Å²) in [6.07, 6.45) is 5.67. The number of hydrogen-bond donors (Lipinski definition) is 7. The lowest BCUT2D eigenvalue weighted by atomic mass is 9.84. The highest BCUT2D eigenvalue weighted by Gasteiger charge is 2.33. The molecule has 4 rings (SSSR count). The van der Waals surface area contributed by atoms with Crippen LogP contribution in [0.4, 0.5) is 0 Å². The third kappa shape index (κ3) is 19.5. The van der Waals surface area contributed by atoms with Crippen LogP contribution in [-0.2, 0) is 24.0 Å². The zero-order chi connectivity index (χ0) is 55.9. The Labute approximate surface area is 445 Å². The van der Waals surface area contributed by atoms with Crippen LogP contribution in [0.2, 0.25) is 0 Å². The lowest BCUT2D eigenvalue weighted by molar-refractivity contribution is -0.141. The SMILES string of the molecule is COc1cccc(OC)c1-c1cc(C(=O)N[C@H](C(=O)O)C2CCCCC2)nn1-c1ccc(C(=O)N(C)CCCN(C)CCCN(C)C(=O)CNCCN(CCN(CCNCC(=O)O)CC(=O)O)CC(=O)O)cc1C(C)C. The summed E-state index contributed by atoms with van der Waals surface area (Å²) in [6, 6.07) is 11.3. The summed E-state index contributed by atoms with van der Waals surface area (Å²) in [6.45, 7) is 7.29. The molecule has 1 heterocycles. The highest BCUT2D eigenvalue weighted by atomic mass is 16.5. The van der Waals surface area contributed by atoms with E-state index in [1.54, 1.807) is 74.8 Å². The fraction of sp³-hybridized carbons (Fsp3) is 0.585. The second-order valence-electron chi connectivity index (χ2n) is 19.6. The maximum atomic E-state index is 14.0. The Balaban J connectivity index is 1.31. The molecule has 76 heavy (non-hydrogen) atoms. The van der Waals surface area contributed by atoms with Gasteiger partial charge in [0.05, 0.1) is 57.3 Å². The van der Waals surface area contributed by atoms with Gasteiger partial charge in [0.1, 0.15) is 17.5 Å². The summed E-state index contributed by atoms with van der Waals surface area (Å²) in [5.41, 5.74) is 2.89. The van der Waals surface area contributed by atoms with Gasteiger partial charge in [-0.3, -0.25) is 38.6 Å². The zero-order valence-electron chi connectivity index (χ0n) is 45.2. The number of carboxylic acid groups (broad SMARTS) is 4. The van der Waals surface area contributed by atoms with Crippen LogP contribution in [0.5, 0.6) is 11.5 Å². The molecule has 0 spiro atoms. The molecule has 3 aromatic rings. The van der Waals surface area contributed by atoms with Gasteiger partial charge in [0.2, 0.25) is 5.91 Å². The van der Waals surface area contributed by atoms with E-state index in [1.165, 1.54) is 14.2 Å². The second kappa shape index (κ2) is 31.4. The van der Waals surface area contributed by atoms with Crippen LogP contribution < -0.4 is 25.4 Å². The van der Waals surface area contributed by atoms with E-state index in [2.05, 4.69) is 20.9 Å². The molecule has 7 N–H and O–H groups in total. The largest absolute Gasteiger partial charge is 0.496 e. The van der Waals surface area contributed by atoms with Crippen molar-refractivity contribution in [1.29, 1.82) is 0 Å². The van der Waals surface area contributed by atoms with E-state index in [-0.39, 0.29) is 81.7 Å². The van der Waals surface area contributed by atoms with E-state index >= 15 is 0 Å². The molecular weight excluding hydrogens is 985 g/mol. The molecule has 1 fully saturated rings. The normalized spacial score (nSPS) is 13.2. The van der Waals surface area contributed by atoms with Crippen molar-refractivity contribution in [3.05, 3.63) is 59.3 Å². The quantitative estimate of drug-likeness (QED) is 0.0417. The van der Waals surface area contributed by atoms with E-state index in [9.17, 15) is 48.9 Å². The van der Waals surface area contributed by atoms with Gasteiger partial charge in [-0.05, 0) is 99.6 Å². The van der Waals surface area contributed by atoms with Crippen LogP contribution in [0.3, 0.4) is 0 Å². The van der Waals surface area contributed by atoms with Crippen molar-refractivity contribution in [1.82, 2.24) is 50.2 Å². The molecule has 1 atom stereocenters. The first kappa shape index (κ1) is 61.9. The Morgan fingerprint density at radius 2 is 1.26 bits per heavy atom. The third-order valence-corrected chi connectivity index (χ3v) is 13.5. The van der Waals surface area contributed by atoms with Gasteiger partial charge in [-0.1, -0.05) is 39.2 Å². The molecule has 1 saturated carbocycles. The standard InChI is InChI=1S/C53H80N10O13/c1-36(2)39-30-38(18-19-41(39)63-42(49-43(75-6)16-11-17-44(49)76-7)31-40(57-63)51(71)56-50(53(73)74)37-14-9-8-10-15-37)52(72)60(5)25-13-23-58(3)22-12-24-59(4)45(64)32-54-20-26-61(34-47(67)68)28-29-62(35-48(69)70)27-21-55-33-46(65)66/h11,16-19,30-31,36-37,50,54-55H,8-10,12-15,20-29,32-35H2,1-7H3,(H,56,71)(H,65,66)(H,67,68)(H,69,70)(H,73,74)/t50-/m0/s1. The first-order valence-corrected chi connectivity index (χ1v) is 25.9. The average molecular weight is 1070 g/mol. The lowest BCUT2D eigenvalue weighted by Crippen LogP contribution is -2.46. The van der Waals surface area contributed by atoms with E-state index in [1.807, 2.05) is 27.0 Å². The van der Waals surface area contributed by atoms with Crippen molar-refractivity contribution in [3.8, 4) is 28.4 Å². The van der Waals surface area contributed by atoms with Crippen LogP contribution in [0.15, 0.2) is 42.5 Å². The lowest BCUT2D eigenvalue weighted by Gasteiger charge is -2.27. The Morgan fingerprint density at radius 3 is 1.79 bits per heavy atom. The van der Waals surface area contributed by atoms with Crippen molar-refractivity contribution in [2.24, 2.45) is 5.92 Å². The first-order valence-electron chi connectivity index (χ1n) is 25.9. The number of likely N-dealkylation sites (N-methyl/N-ethyl adjacent to an activating group) is 1. The predicted octanol–water partition coefficient (Wildman–Crippen LogP) is 2.72. The fourth-order valence-electron chi connectivity index (χ4n) is 9.28. The summed E-state index contributed by atoms with van der Waals surface area (Å²) in [4.78, 5) is 95.6. The number of nitrogens with one attached hydrogen (secondary N) is 3. The molecule has 1 aliphatic rings. The molecule has 420 valence electrons. The first-order chi connectivity index (χ1) is 36.2. The van der Waals surface area contributed by atoms with Gasteiger partial charge >= 0.3 is 23.9 Å². The number of benzene rings is 2. The number of nitrogens with zero attached hydrogens (tertiary/aromatic N) is 7. The number of carbonyl (C=O) groups is 7. The smallest absolute Gasteiger partial charge is 0.326 e. The molecule has 23 heteroatoms. The van der Waals surface area contributed by atoms with E-state index in [4.69, 9.17) is 19.7 Å². The highest BCUT2D eigenvalue weighted by molar-refractivity contribution is 5.97. The average Bonchev–Trinajstić information content (AvgIpc) is 3.83. The Hall–Kier alpha value is -6.66. The molecular formula is C53H80N10O13. The molecule has 0 saturated heterocycles. The molecule has 0 aliphatic heterocycles. The number of carboxylic acids is 4. The van der Waals surface area contributed by atoms with Gasteiger partial charge in [0.25, 0.3) is 11.8 Å². The minimum atomic E-state index is -1.09.